The molecule has 0 saturated carbocycles. The first-order chi connectivity index (χ1) is 6.24. The van der Waals surface area contributed by atoms with Gasteiger partial charge >= 0.3 is 0 Å². The van der Waals surface area contributed by atoms with E-state index in [0.717, 1.165) is 18.6 Å². The van der Waals surface area contributed by atoms with Gasteiger partial charge in [0.15, 0.2) is 0 Å². The molecule has 0 fully saturated rings. The van der Waals surface area contributed by atoms with Crippen molar-refractivity contribution in [1.82, 2.24) is 4.90 Å². The normalized spacial score (nSPS) is 10.0. The second-order valence-corrected chi connectivity index (χ2v) is 3.13. The Morgan fingerprint density at radius 3 is 2.92 bits per heavy atom. The van der Waals surface area contributed by atoms with Crippen LogP contribution in [0, 0.1) is 5.41 Å². The maximum absolute atomic E-state index is 7.68. The van der Waals surface area contributed by atoms with Crippen molar-refractivity contribution in [2.24, 2.45) is 0 Å². The second kappa shape index (κ2) is 4.70. The van der Waals surface area contributed by atoms with Crippen molar-refractivity contribution >= 4 is 5.84 Å². The van der Waals surface area contributed by atoms with E-state index in [1.54, 1.807) is 6.26 Å². The first-order valence-electron chi connectivity index (χ1n) is 4.55. The molecule has 1 aromatic rings. The molecule has 0 bridgehead atoms. The molecule has 0 radical (unpaired) electrons. The summed E-state index contributed by atoms with van der Waals surface area (Å²) < 4.78 is 5.19. The van der Waals surface area contributed by atoms with Gasteiger partial charge in [0.2, 0.25) is 0 Å². The smallest absolute Gasteiger partial charge is 0.123 e. The quantitative estimate of drug-likeness (QED) is 0.571. The van der Waals surface area contributed by atoms with E-state index in [-0.39, 0.29) is 0 Å². The van der Waals surface area contributed by atoms with Crippen LogP contribution in [0.25, 0.3) is 0 Å². The van der Waals surface area contributed by atoms with Crippen LogP contribution in [-0.2, 0) is 6.54 Å². The van der Waals surface area contributed by atoms with Gasteiger partial charge in [-0.1, -0.05) is 6.92 Å². The Bertz CT molecular complexity index is 254. The molecule has 0 atom stereocenters. The maximum atomic E-state index is 7.68. The Balaban J connectivity index is 2.41. The van der Waals surface area contributed by atoms with Gasteiger partial charge in [-0.3, -0.25) is 5.41 Å². The van der Waals surface area contributed by atoms with Crippen LogP contribution in [0.3, 0.4) is 0 Å². The first kappa shape index (κ1) is 9.84. The highest BCUT2D eigenvalue weighted by Gasteiger charge is 2.05. The molecule has 0 aliphatic heterocycles. The molecular formula is C10H16N2O. The largest absolute Gasteiger partial charge is 0.467 e. The summed E-state index contributed by atoms with van der Waals surface area (Å²) in [6.07, 6.45) is 3.51. The molecule has 1 rings (SSSR count). The van der Waals surface area contributed by atoms with Gasteiger partial charge in [-0.05, 0) is 18.6 Å². The summed E-state index contributed by atoms with van der Waals surface area (Å²) in [4.78, 5) is 1.91. The van der Waals surface area contributed by atoms with Crippen molar-refractivity contribution in [3.8, 4) is 0 Å². The van der Waals surface area contributed by atoms with Crippen LogP contribution < -0.4 is 0 Å². The van der Waals surface area contributed by atoms with E-state index in [1.165, 1.54) is 0 Å². The molecule has 1 aromatic heterocycles. The van der Waals surface area contributed by atoms with E-state index in [4.69, 9.17) is 9.83 Å². The predicted molar refractivity (Wildman–Crippen MR) is 52.8 cm³/mol. The predicted octanol–water partition coefficient (Wildman–Crippen LogP) is 2.49. The molecule has 0 aliphatic carbocycles. The lowest BCUT2D eigenvalue weighted by Crippen LogP contribution is -2.24. The topological polar surface area (TPSA) is 40.2 Å². The third kappa shape index (κ3) is 2.93. The van der Waals surface area contributed by atoms with Gasteiger partial charge in [-0.15, -0.1) is 0 Å². The monoisotopic (exact) mass is 180 g/mol. The SMILES string of the molecule is CCCC(=N)N(C)Cc1ccco1. The maximum Gasteiger partial charge on any atom is 0.123 e. The van der Waals surface area contributed by atoms with Crippen LogP contribution in [0.5, 0.6) is 0 Å². The summed E-state index contributed by atoms with van der Waals surface area (Å²) in [5.74, 6) is 1.57. The van der Waals surface area contributed by atoms with E-state index in [1.807, 2.05) is 24.1 Å². The minimum absolute atomic E-state index is 0.666. The molecule has 3 nitrogen and oxygen atoms in total. The number of hydrogen-bond acceptors (Lipinski definition) is 2. The average Bonchev–Trinajstić information content (AvgIpc) is 2.57. The molecule has 1 N–H and O–H groups in total. The summed E-state index contributed by atoms with van der Waals surface area (Å²) in [6.45, 7) is 2.76. The lowest BCUT2D eigenvalue weighted by Gasteiger charge is -2.17. The van der Waals surface area contributed by atoms with Crippen LogP contribution in [0.1, 0.15) is 25.5 Å². The van der Waals surface area contributed by atoms with Crippen LogP contribution in [0.2, 0.25) is 0 Å². The molecule has 3 heteroatoms. The van der Waals surface area contributed by atoms with Crippen molar-refractivity contribution in [3.05, 3.63) is 24.2 Å². The highest BCUT2D eigenvalue weighted by Crippen LogP contribution is 2.05. The van der Waals surface area contributed by atoms with Crippen molar-refractivity contribution in [3.63, 3.8) is 0 Å². The Labute approximate surface area is 78.9 Å². The van der Waals surface area contributed by atoms with Gasteiger partial charge in [-0.25, -0.2) is 0 Å². The zero-order valence-corrected chi connectivity index (χ0v) is 8.21. The van der Waals surface area contributed by atoms with Crippen LogP contribution >= 0.6 is 0 Å². The Morgan fingerprint density at radius 1 is 1.62 bits per heavy atom. The number of nitrogens with one attached hydrogen (secondary N) is 1. The second-order valence-electron chi connectivity index (χ2n) is 3.13. The summed E-state index contributed by atoms with van der Waals surface area (Å²) in [5, 5.41) is 7.68. The number of amidine groups is 1. The molecular weight excluding hydrogens is 164 g/mol. The number of hydrogen-bond donors (Lipinski definition) is 1. The van der Waals surface area contributed by atoms with Gasteiger partial charge in [-0.2, -0.15) is 0 Å². The van der Waals surface area contributed by atoms with Crippen LogP contribution in [0.15, 0.2) is 22.8 Å². The number of furan rings is 1. The molecule has 0 amide bonds. The van der Waals surface area contributed by atoms with Gasteiger partial charge in [0, 0.05) is 13.5 Å². The number of nitrogens with zero attached hydrogens (tertiary/aromatic N) is 1. The highest BCUT2D eigenvalue weighted by molar-refractivity contribution is 5.78. The molecule has 13 heavy (non-hydrogen) atoms. The molecule has 0 aliphatic rings. The minimum atomic E-state index is 0.666. The van der Waals surface area contributed by atoms with Crippen molar-refractivity contribution in [2.45, 2.75) is 26.3 Å². The van der Waals surface area contributed by atoms with Gasteiger partial charge < -0.3 is 9.32 Å². The summed E-state index contributed by atoms with van der Waals surface area (Å²) in [5.41, 5.74) is 0. The fraction of sp³-hybridized carbons (Fsp3) is 0.500. The Morgan fingerprint density at radius 2 is 2.38 bits per heavy atom. The number of rotatable bonds is 4. The van der Waals surface area contributed by atoms with E-state index in [0.29, 0.717) is 12.4 Å². The highest BCUT2D eigenvalue weighted by atomic mass is 16.3. The summed E-state index contributed by atoms with van der Waals surface area (Å²) in [7, 11) is 1.92. The molecule has 0 spiro atoms. The van der Waals surface area contributed by atoms with Crippen molar-refractivity contribution in [1.29, 1.82) is 5.41 Å². The zero-order valence-electron chi connectivity index (χ0n) is 8.21. The van der Waals surface area contributed by atoms with Crippen molar-refractivity contribution in [2.75, 3.05) is 7.05 Å². The average molecular weight is 180 g/mol. The van der Waals surface area contributed by atoms with E-state index in [9.17, 15) is 0 Å². The molecule has 1 heterocycles. The third-order valence-corrected chi connectivity index (χ3v) is 1.92. The third-order valence-electron chi connectivity index (χ3n) is 1.92. The lowest BCUT2D eigenvalue weighted by atomic mass is 10.3. The summed E-state index contributed by atoms with van der Waals surface area (Å²) in [6, 6.07) is 3.79. The fourth-order valence-corrected chi connectivity index (χ4v) is 1.16. The minimum Gasteiger partial charge on any atom is -0.467 e. The standard InChI is InChI=1S/C10H16N2O/c1-3-5-10(11)12(2)8-9-6-4-7-13-9/h4,6-7,11H,3,5,8H2,1-2H3. The van der Waals surface area contributed by atoms with E-state index in [2.05, 4.69) is 6.92 Å². The molecule has 0 unspecified atom stereocenters. The van der Waals surface area contributed by atoms with Crippen LogP contribution in [0.4, 0.5) is 0 Å². The van der Waals surface area contributed by atoms with Gasteiger partial charge in [0.25, 0.3) is 0 Å². The molecule has 0 aromatic carbocycles. The lowest BCUT2D eigenvalue weighted by molar-refractivity contribution is 0.403. The van der Waals surface area contributed by atoms with Gasteiger partial charge in [0.05, 0.1) is 18.6 Å². The Kier molecular flexibility index (Phi) is 3.55. The fourth-order valence-electron chi connectivity index (χ4n) is 1.16. The summed E-state index contributed by atoms with van der Waals surface area (Å²) >= 11 is 0. The Hall–Kier alpha value is -1.25. The van der Waals surface area contributed by atoms with E-state index < -0.39 is 0 Å². The van der Waals surface area contributed by atoms with Crippen LogP contribution in [-0.4, -0.2) is 17.8 Å². The van der Waals surface area contributed by atoms with E-state index >= 15 is 0 Å². The molecule has 0 saturated heterocycles. The van der Waals surface area contributed by atoms with Crippen molar-refractivity contribution < 1.29 is 4.42 Å². The first-order valence-corrected chi connectivity index (χ1v) is 4.55. The molecule has 72 valence electrons. The van der Waals surface area contributed by atoms with Gasteiger partial charge in [0.1, 0.15) is 5.76 Å². The zero-order chi connectivity index (χ0) is 9.68.